The van der Waals surface area contributed by atoms with Crippen molar-refractivity contribution in [2.75, 3.05) is 40.5 Å². The molecule has 1 aromatic carbocycles. The fourth-order valence-electron chi connectivity index (χ4n) is 2.31. The van der Waals surface area contributed by atoms with Gasteiger partial charge in [0.2, 0.25) is 0 Å². The smallest absolute Gasteiger partial charge is 0.191 e. The Morgan fingerprint density at radius 2 is 1.92 bits per heavy atom. The van der Waals surface area contributed by atoms with Crippen molar-refractivity contribution in [2.45, 2.75) is 38.6 Å². The molecule has 0 saturated heterocycles. The Bertz CT molecular complexity index is 437. The van der Waals surface area contributed by atoms with Crippen molar-refractivity contribution in [3.05, 3.63) is 35.9 Å². The summed E-state index contributed by atoms with van der Waals surface area (Å²) < 4.78 is 10.4. The monoisotopic (exact) mass is 335 g/mol. The normalized spacial score (nSPS) is 12.9. The van der Waals surface area contributed by atoms with Crippen molar-refractivity contribution in [2.24, 2.45) is 4.99 Å². The number of nitrogens with zero attached hydrogens (tertiary/aromatic N) is 1. The second kappa shape index (κ2) is 13.8. The van der Waals surface area contributed by atoms with E-state index in [0.29, 0.717) is 19.3 Å². The summed E-state index contributed by atoms with van der Waals surface area (Å²) in [6.07, 6.45) is 4.26. The first-order chi connectivity index (χ1) is 11.8. The van der Waals surface area contributed by atoms with Crippen molar-refractivity contribution in [1.29, 1.82) is 0 Å². The van der Waals surface area contributed by atoms with E-state index in [1.807, 2.05) is 7.05 Å². The summed E-state index contributed by atoms with van der Waals surface area (Å²) in [5.74, 6) is 0.871. The fourth-order valence-corrected chi connectivity index (χ4v) is 2.31. The third-order valence-electron chi connectivity index (χ3n) is 3.76. The third kappa shape index (κ3) is 10.2. The maximum Gasteiger partial charge on any atom is 0.191 e. The number of hydrogen-bond donors (Lipinski definition) is 2. The molecule has 24 heavy (non-hydrogen) atoms. The van der Waals surface area contributed by atoms with Crippen LogP contribution < -0.4 is 10.6 Å². The van der Waals surface area contributed by atoms with E-state index in [1.165, 1.54) is 5.56 Å². The Morgan fingerprint density at radius 1 is 1.12 bits per heavy atom. The molecule has 0 fully saturated rings. The average Bonchev–Trinajstić information content (AvgIpc) is 2.62. The minimum Gasteiger partial charge on any atom is -0.382 e. The van der Waals surface area contributed by atoms with Crippen LogP contribution in [0, 0.1) is 0 Å². The van der Waals surface area contributed by atoms with Crippen LogP contribution in [0.25, 0.3) is 0 Å². The molecule has 0 heterocycles. The number of methoxy groups -OCH3 is 1. The zero-order chi connectivity index (χ0) is 17.5. The molecule has 5 heteroatoms. The SMILES string of the molecule is CN=C(NCCCCOCCOC)NC(C)CCc1ccccc1. The molecule has 0 bridgehead atoms. The number of nitrogens with one attached hydrogen (secondary N) is 2. The van der Waals surface area contributed by atoms with Gasteiger partial charge in [0.05, 0.1) is 13.2 Å². The Morgan fingerprint density at radius 3 is 2.62 bits per heavy atom. The Hall–Kier alpha value is -1.59. The summed E-state index contributed by atoms with van der Waals surface area (Å²) in [5, 5.41) is 6.81. The molecule has 1 aromatic rings. The van der Waals surface area contributed by atoms with Crippen molar-refractivity contribution >= 4 is 5.96 Å². The predicted molar refractivity (Wildman–Crippen MR) is 101 cm³/mol. The summed E-state index contributed by atoms with van der Waals surface area (Å²) in [6, 6.07) is 11.0. The molecule has 0 aliphatic rings. The number of aliphatic imine (C=N–C) groups is 1. The molecule has 136 valence electrons. The van der Waals surface area contributed by atoms with Gasteiger partial charge in [-0.15, -0.1) is 0 Å². The van der Waals surface area contributed by atoms with Gasteiger partial charge in [-0.1, -0.05) is 30.3 Å². The lowest BCUT2D eigenvalue weighted by Gasteiger charge is -2.18. The predicted octanol–water partition coefficient (Wildman–Crippen LogP) is 2.62. The third-order valence-corrected chi connectivity index (χ3v) is 3.76. The van der Waals surface area contributed by atoms with Gasteiger partial charge in [-0.25, -0.2) is 0 Å². The second-order valence-corrected chi connectivity index (χ2v) is 5.88. The average molecular weight is 335 g/mol. The van der Waals surface area contributed by atoms with E-state index < -0.39 is 0 Å². The van der Waals surface area contributed by atoms with Crippen molar-refractivity contribution < 1.29 is 9.47 Å². The Labute approximate surface area is 146 Å². The molecule has 0 aliphatic carbocycles. The maximum absolute atomic E-state index is 5.45. The number of unbranched alkanes of at least 4 members (excludes halogenated alkanes) is 1. The topological polar surface area (TPSA) is 54.9 Å². The van der Waals surface area contributed by atoms with E-state index >= 15 is 0 Å². The maximum atomic E-state index is 5.45. The molecule has 5 nitrogen and oxygen atoms in total. The van der Waals surface area contributed by atoms with Gasteiger partial charge in [0.25, 0.3) is 0 Å². The van der Waals surface area contributed by atoms with Crippen LogP contribution in [-0.2, 0) is 15.9 Å². The van der Waals surface area contributed by atoms with Crippen molar-refractivity contribution in [3.63, 3.8) is 0 Å². The van der Waals surface area contributed by atoms with Gasteiger partial charge in [0.15, 0.2) is 5.96 Å². The van der Waals surface area contributed by atoms with Crippen LogP contribution in [0.5, 0.6) is 0 Å². The first-order valence-corrected chi connectivity index (χ1v) is 8.84. The number of ether oxygens (including phenoxy) is 2. The van der Waals surface area contributed by atoms with Crippen LogP contribution in [0.15, 0.2) is 35.3 Å². The zero-order valence-corrected chi connectivity index (χ0v) is 15.4. The highest BCUT2D eigenvalue weighted by molar-refractivity contribution is 5.79. The van der Waals surface area contributed by atoms with Gasteiger partial charge in [0.1, 0.15) is 0 Å². The molecule has 0 spiro atoms. The fraction of sp³-hybridized carbons (Fsp3) is 0.632. The minimum atomic E-state index is 0.383. The van der Waals surface area contributed by atoms with E-state index in [9.17, 15) is 0 Å². The minimum absolute atomic E-state index is 0.383. The van der Waals surface area contributed by atoms with Gasteiger partial charge in [-0.05, 0) is 38.2 Å². The summed E-state index contributed by atoms with van der Waals surface area (Å²) in [7, 11) is 3.50. The van der Waals surface area contributed by atoms with Gasteiger partial charge in [-0.2, -0.15) is 0 Å². The number of aryl methyl sites for hydroxylation is 1. The van der Waals surface area contributed by atoms with Crippen LogP contribution in [0.1, 0.15) is 31.7 Å². The number of benzene rings is 1. The first-order valence-electron chi connectivity index (χ1n) is 8.84. The molecular weight excluding hydrogens is 302 g/mol. The van der Waals surface area contributed by atoms with Gasteiger partial charge in [0, 0.05) is 33.4 Å². The molecule has 0 aliphatic heterocycles. The Kier molecular flexibility index (Phi) is 11.8. The molecular formula is C19H33N3O2. The van der Waals surface area contributed by atoms with Crippen LogP contribution in [0.4, 0.5) is 0 Å². The highest BCUT2D eigenvalue weighted by Crippen LogP contribution is 2.04. The number of guanidine groups is 1. The lowest BCUT2D eigenvalue weighted by Crippen LogP contribution is -2.42. The quantitative estimate of drug-likeness (QED) is 0.350. The van der Waals surface area contributed by atoms with Crippen LogP contribution in [-0.4, -0.2) is 52.5 Å². The number of rotatable bonds is 12. The summed E-state index contributed by atoms with van der Waals surface area (Å²) in [6.45, 7) is 5.21. The van der Waals surface area contributed by atoms with Crippen LogP contribution >= 0.6 is 0 Å². The molecule has 2 N–H and O–H groups in total. The molecule has 1 unspecified atom stereocenters. The molecule has 0 radical (unpaired) electrons. The van der Waals surface area contributed by atoms with E-state index in [2.05, 4.69) is 52.9 Å². The molecule has 0 saturated carbocycles. The van der Waals surface area contributed by atoms with E-state index in [4.69, 9.17) is 9.47 Å². The Balaban J connectivity index is 2.09. The summed E-state index contributed by atoms with van der Waals surface area (Å²) >= 11 is 0. The molecule has 1 rings (SSSR count). The van der Waals surface area contributed by atoms with Crippen LogP contribution in [0.2, 0.25) is 0 Å². The lowest BCUT2D eigenvalue weighted by molar-refractivity contribution is 0.0689. The molecule has 1 atom stereocenters. The first kappa shape index (κ1) is 20.5. The van der Waals surface area contributed by atoms with E-state index in [1.54, 1.807) is 7.11 Å². The molecule has 0 aromatic heterocycles. The van der Waals surface area contributed by atoms with E-state index in [0.717, 1.165) is 44.8 Å². The van der Waals surface area contributed by atoms with Crippen molar-refractivity contribution in [3.8, 4) is 0 Å². The van der Waals surface area contributed by atoms with Gasteiger partial charge >= 0.3 is 0 Å². The standard InChI is InChI=1S/C19H33N3O2/c1-17(11-12-18-9-5-4-6-10-18)22-19(20-2)21-13-7-8-14-24-16-15-23-3/h4-6,9-10,17H,7-8,11-16H2,1-3H3,(H2,20,21,22). The summed E-state index contributed by atoms with van der Waals surface area (Å²) in [4.78, 5) is 4.29. The van der Waals surface area contributed by atoms with Gasteiger partial charge in [-0.3, -0.25) is 4.99 Å². The molecule has 0 amide bonds. The van der Waals surface area contributed by atoms with Crippen LogP contribution in [0.3, 0.4) is 0 Å². The van der Waals surface area contributed by atoms with Crippen molar-refractivity contribution in [1.82, 2.24) is 10.6 Å². The lowest BCUT2D eigenvalue weighted by atomic mass is 10.1. The highest BCUT2D eigenvalue weighted by atomic mass is 16.5. The number of hydrogen-bond acceptors (Lipinski definition) is 3. The largest absolute Gasteiger partial charge is 0.382 e. The summed E-state index contributed by atoms with van der Waals surface area (Å²) in [5.41, 5.74) is 1.38. The second-order valence-electron chi connectivity index (χ2n) is 5.88. The van der Waals surface area contributed by atoms with Gasteiger partial charge < -0.3 is 20.1 Å². The van der Waals surface area contributed by atoms with E-state index in [-0.39, 0.29) is 0 Å². The highest BCUT2D eigenvalue weighted by Gasteiger charge is 2.05. The zero-order valence-electron chi connectivity index (χ0n) is 15.4.